The van der Waals surface area contributed by atoms with Crippen molar-refractivity contribution in [3.05, 3.63) is 24.5 Å². The molecular weight excluding hydrogens is 268 g/mol. The van der Waals surface area contributed by atoms with Crippen LogP contribution >= 0.6 is 0 Å². The van der Waals surface area contributed by atoms with E-state index in [1.807, 2.05) is 0 Å². The number of amides is 1. The first-order chi connectivity index (χ1) is 8.89. The maximum atomic E-state index is 11.7. The van der Waals surface area contributed by atoms with Crippen LogP contribution in [-0.2, 0) is 14.6 Å². The predicted molar refractivity (Wildman–Crippen MR) is 69.6 cm³/mol. The zero-order valence-corrected chi connectivity index (χ0v) is 11.4. The van der Waals surface area contributed by atoms with Crippen LogP contribution in [-0.4, -0.2) is 43.0 Å². The van der Waals surface area contributed by atoms with Crippen molar-refractivity contribution in [1.29, 1.82) is 0 Å². The second kappa shape index (κ2) is 5.16. The van der Waals surface area contributed by atoms with E-state index in [9.17, 15) is 13.2 Å². The van der Waals surface area contributed by atoms with Gasteiger partial charge in [0.2, 0.25) is 0 Å². The summed E-state index contributed by atoms with van der Waals surface area (Å²) in [7, 11) is -3.03. The van der Waals surface area contributed by atoms with Crippen molar-refractivity contribution in [2.75, 3.05) is 18.1 Å². The molecule has 1 atom stereocenters. The summed E-state index contributed by atoms with van der Waals surface area (Å²) in [5.74, 6) is 0.275. The van der Waals surface area contributed by atoms with Gasteiger partial charge >= 0.3 is 0 Å². The molecule has 1 N–H and O–H groups in total. The maximum absolute atomic E-state index is 11.7. The molecule has 7 heteroatoms. The van der Waals surface area contributed by atoms with Gasteiger partial charge in [0.15, 0.2) is 16.4 Å². The Morgan fingerprint density at radius 2 is 2.37 bits per heavy atom. The molecule has 0 aliphatic carbocycles. The molecule has 1 aliphatic heterocycles. The smallest absolute Gasteiger partial charge is 0.258 e. The Morgan fingerprint density at radius 1 is 1.58 bits per heavy atom. The molecule has 2 rings (SSSR count). The van der Waals surface area contributed by atoms with Crippen molar-refractivity contribution in [2.45, 2.75) is 18.9 Å². The normalized spacial score (nSPS) is 24.9. The number of hydrogen-bond acceptors (Lipinski definition) is 5. The molecule has 1 saturated heterocycles. The minimum absolute atomic E-state index is 0.0152. The van der Waals surface area contributed by atoms with Gasteiger partial charge in [0.25, 0.3) is 5.91 Å². The number of aromatic nitrogens is 1. The molecule has 0 bridgehead atoms. The molecule has 0 aromatic carbocycles. The highest BCUT2D eigenvalue weighted by Gasteiger charge is 2.39. The van der Waals surface area contributed by atoms with E-state index in [4.69, 9.17) is 4.74 Å². The summed E-state index contributed by atoms with van der Waals surface area (Å²) in [6.45, 7) is 1.58. The van der Waals surface area contributed by atoms with E-state index in [-0.39, 0.29) is 24.0 Å². The highest BCUT2D eigenvalue weighted by molar-refractivity contribution is 7.91. The van der Waals surface area contributed by atoms with Gasteiger partial charge in [-0.3, -0.25) is 9.78 Å². The van der Waals surface area contributed by atoms with Gasteiger partial charge in [-0.1, -0.05) is 0 Å². The van der Waals surface area contributed by atoms with Crippen LogP contribution in [0.3, 0.4) is 0 Å². The lowest BCUT2D eigenvalue weighted by Crippen LogP contribution is -2.48. The van der Waals surface area contributed by atoms with Crippen molar-refractivity contribution < 1.29 is 17.9 Å². The monoisotopic (exact) mass is 284 g/mol. The number of sulfone groups is 1. The molecule has 1 aromatic heterocycles. The van der Waals surface area contributed by atoms with Crippen molar-refractivity contribution in [3.8, 4) is 5.75 Å². The highest BCUT2D eigenvalue weighted by Crippen LogP contribution is 2.22. The molecule has 104 valence electrons. The van der Waals surface area contributed by atoms with Gasteiger partial charge in [-0.05, 0) is 25.5 Å². The fourth-order valence-corrected chi connectivity index (χ4v) is 4.16. The Bertz CT molecular complexity index is 558. The van der Waals surface area contributed by atoms with Crippen LogP contribution in [0.4, 0.5) is 0 Å². The van der Waals surface area contributed by atoms with Crippen LogP contribution < -0.4 is 10.1 Å². The van der Waals surface area contributed by atoms with Crippen LogP contribution in [0.15, 0.2) is 24.5 Å². The summed E-state index contributed by atoms with van der Waals surface area (Å²) < 4.78 is 28.1. The van der Waals surface area contributed by atoms with Gasteiger partial charge in [0, 0.05) is 6.20 Å². The van der Waals surface area contributed by atoms with E-state index < -0.39 is 15.4 Å². The zero-order valence-electron chi connectivity index (χ0n) is 10.6. The largest absolute Gasteiger partial charge is 0.482 e. The first kappa shape index (κ1) is 13.8. The van der Waals surface area contributed by atoms with Crippen LogP contribution in [0.1, 0.15) is 13.3 Å². The number of carbonyl (C=O) groups excluding carboxylic acids is 1. The van der Waals surface area contributed by atoms with Crippen LogP contribution in [0.25, 0.3) is 0 Å². The Balaban J connectivity index is 1.85. The molecule has 1 unspecified atom stereocenters. The van der Waals surface area contributed by atoms with Gasteiger partial charge in [-0.15, -0.1) is 0 Å². The number of rotatable bonds is 4. The minimum atomic E-state index is -3.03. The van der Waals surface area contributed by atoms with E-state index in [0.29, 0.717) is 12.2 Å². The van der Waals surface area contributed by atoms with E-state index in [2.05, 4.69) is 10.3 Å². The molecule has 6 nitrogen and oxygen atoms in total. The van der Waals surface area contributed by atoms with Crippen molar-refractivity contribution in [1.82, 2.24) is 10.3 Å². The first-order valence-corrected chi connectivity index (χ1v) is 7.75. The first-order valence-electron chi connectivity index (χ1n) is 5.93. The highest BCUT2D eigenvalue weighted by atomic mass is 32.2. The fourth-order valence-electron chi connectivity index (χ4n) is 2.06. The van der Waals surface area contributed by atoms with Crippen LogP contribution in [0, 0.1) is 0 Å². The van der Waals surface area contributed by atoms with Gasteiger partial charge in [-0.25, -0.2) is 8.42 Å². The SMILES string of the molecule is CC1(NC(=O)COc2cccnc2)CCS(=O)(=O)C1. The Morgan fingerprint density at radius 3 is 2.95 bits per heavy atom. The van der Waals surface area contributed by atoms with Crippen molar-refractivity contribution >= 4 is 15.7 Å². The quantitative estimate of drug-likeness (QED) is 0.851. The van der Waals surface area contributed by atoms with Gasteiger partial charge in [0.1, 0.15) is 5.75 Å². The third-order valence-electron chi connectivity index (χ3n) is 2.95. The number of nitrogens with one attached hydrogen (secondary N) is 1. The van der Waals surface area contributed by atoms with Crippen LogP contribution in [0.5, 0.6) is 5.75 Å². The summed E-state index contributed by atoms with van der Waals surface area (Å²) >= 11 is 0. The van der Waals surface area contributed by atoms with E-state index in [0.717, 1.165) is 0 Å². The Labute approximate surface area is 112 Å². The lowest BCUT2D eigenvalue weighted by molar-refractivity contribution is -0.124. The van der Waals surface area contributed by atoms with Gasteiger partial charge in [0.05, 0.1) is 23.2 Å². The Hall–Kier alpha value is -1.63. The van der Waals surface area contributed by atoms with E-state index in [1.54, 1.807) is 25.3 Å². The zero-order chi connectivity index (χ0) is 13.9. The molecule has 0 saturated carbocycles. The molecule has 0 spiro atoms. The molecule has 0 radical (unpaired) electrons. The lowest BCUT2D eigenvalue weighted by atomic mass is 10.0. The van der Waals surface area contributed by atoms with Gasteiger partial charge in [-0.2, -0.15) is 0 Å². The van der Waals surface area contributed by atoms with Crippen LogP contribution in [0.2, 0.25) is 0 Å². The van der Waals surface area contributed by atoms with Crippen molar-refractivity contribution in [3.63, 3.8) is 0 Å². The summed E-state index contributed by atoms with van der Waals surface area (Å²) in [5, 5.41) is 2.72. The average molecular weight is 284 g/mol. The standard InChI is InChI=1S/C12H16N2O4S/c1-12(4-6-19(16,17)9-12)14-11(15)8-18-10-3-2-5-13-7-10/h2-3,5,7H,4,6,8-9H2,1H3,(H,14,15). The number of pyridine rings is 1. The maximum Gasteiger partial charge on any atom is 0.258 e. The molecule has 19 heavy (non-hydrogen) atoms. The molecule has 1 fully saturated rings. The molecule has 1 amide bonds. The molecule has 1 aromatic rings. The third-order valence-corrected chi connectivity index (χ3v) is 4.85. The second-order valence-corrected chi connectivity index (χ2v) is 7.11. The number of nitrogens with zero attached hydrogens (tertiary/aromatic N) is 1. The average Bonchev–Trinajstić information content (AvgIpc) is 2.62. The predicted octanol–water partition coefficient (Wildman–Crippen LogP) is 0.154. The number of hydrogen-bond donors (Lipinski definition) is 1. The minimum Gasteiger partial charge on any atom is -0.482 e. The molecular formula is C12H16N2O4S. The Kier molecular flexibility index (Phi) is 3.75. The topological polar surface area (TPSA) is 85.4 Å². The second-order valence-electron chi connectivity index (χ2n) is 4.93. The number of carbonyl (C=O) groups is 1. The summed E-state index contributed by atoms with van der Waals surface area (Å²) in [5.41, 5.74) is -0.686. The van der Waals surface area contributed by atoms with Crippen molar-refractivity contribution in [2.24, 2.45) is 0 Å². The van der Waals surface area contributed by atoms with E-state index >= 15 is 0 Å². The lowest BCUT2D eigenvalue weighted by Gasteiger charge is -2.23. The fraction of sp³-hybridized carbons (Fsp3) is 0.500. The molecule has 2 heterocycles. The summed E-state index contributed by atoms with van der Waals surface area (Å²) in [4.78, 5) is 15.6. The van der Waals surface area contributed by atoms with Gasteiger partial charge < -0.3 is 10.1 Å². The number of ether oxygens (including phenoxy) is 1. The summed E-state index contributed by atoms with van der Waals surface area (Å²) in [6, 6.07) is 3.40. The third kappa shape index (κ3) is 3.92. The molecule has 1 aliphatic rings. The van der Waals surface area contributed by atoms with E-state index in [1.165, 1.54) is 6.20 Å². The summed E-state index contributed by atoms with van der Waals surface area (Å²) in [6.07, 6.45) is 3.56.